The Labute approximate surface area is 136 Å². The first-order chi connectivity index (χ1) is 11.1. The predicted octanol–water partition coefficient (Wildman–Crippen LogP) is 2.42. The molecule has 0 unspecified atom stereocenters. The number of benzene rings is 1. The summed E-state index contributed by atoms with van der Waals surface area (Å²) in [6, 6.07) is 9.74. The Morgan fingerprint density at radius 2 is 2.26 bits per heavy atom. The minimum atomic E-state index is -0.374. The number of nitrogens with zero attached hydrogens (tertiary/aromatic N) is 4. The summed E-state index contributed by atoms with van der Waals surface area (Å²) in [4.78, 5) is 14.3. The van der Waals surface area contributed by atoms with Crippen molar-refractivity contribution in [1.29, 1.82) is 0 Å². The molecule has 0 aliphatic heterocycles. The molecule has 0 aliphatic carbocycles. The van der Waals surface area contributed by atoms with Gasteiger partial charge in [0.25, 0.3) is 0 Å². The number of hydrogen-bond acceptors (Lipinski definition) is 5. The van der Waals surface area contributed by atoms with E-state index in [1.807, 2.05) is 24.4 Å². The number of amides is 1. The molecule has 3 rings (SSSR count). The SMILES string of the molecule is C[C@H](NC(=O)Cn1nnc(-c2cccc(F)c2)n1)c1cccs1. The number of hydrogen-bond donors (Lipinski definition) is 1. The summed E-state index contributed by atoms with van der Waals surface area (Å²) in [6.45, 7) is 1.87. The normalized spacial score (nSPS) is 12.1. The summed E-state index contributed by atoms with van der Waals surface area (Å²) >= 11 is 1.58. The first kappa shape index (κ1) is 15.3. The van der Waals surface area contributed by atoms with Crippen LogP contribution in [0.4, 0.5) is 4.39 Å². The lowest BCUT2D eigenvalue weighted by molar-refractivity contribution is -0.122. The number of carbonyl (C=O) groups is 1. The fourth-order valence-corrected chi connectivity index (χ4v) is 2.81. The monoisotopic (exact) mass is 331 g/mol. The number of tetrazole rings is 1. The largest absolute Gasteiger partial charge is 0.347 e. The van der Waals surface area contributed by atoms with Gasteiger partial charge in [-0.2, -0.15) is 4.80 Å². The number of halogens is 1. The average molecular weight is 331 g/mol. The second-order valence-corrected chi connectivity index (χ2v) is 5.94. The van der Waals surface area contributed by atoms with E-state index in [0.717, 1.165) is 4.88 Å². The molecule has 0 aliphatic rings. The van der Waals surface area contributed by atoms with E-state index < -0.39 is 0 Å². The Balaban J connectivity index is 1.63. The van der Waals surface area contributed by atoms with Crippen molar-refractivity contribution in [3.8, 4) is 11.4 Å². The Hall–Kier alpha value is -2.61. The van der Waals surface area contributed by atoms with Gasteiger partial charge in [0.05, 0.1) is 6.04 Å². The topological polar surface area (TPSA) is 72.7 Å². The first-order valence-corrected chi connectivity index (χ1v) is 7.86. The Morgan fingerprint density at radius 1 is 1.39 bits per heavy atom. The van der Waals surface area contributed by atoms with Crippen LogP contribution in [0.25, 0.3) is 11.4 Å². The highest BCUT2D eigenvalue weighted by Crippen LogP contribution is 2.18. The molecule has 1 atom stereocenters. The van der Waals surface area contributed by atoms with Gasteiger partial charge in [-0.25, -0.2) is 4.39 Å². The van der Waals surface area contributed by atoms with Crippen LogP contribution in [0.1, 0.15) is 17.8 Å². The third-order valence-corrected chi connectivity index (χ3v) is 4.22. The van der Waals surface area contributed by atoms with Crippen molar-refractivity contribution in [3.63, 3.8) is 0 Å². The van der Waals surface area contributed by atoms with Crippen LogP contribution in [0.2, 0.25) is 0 Å². The highest BCUT2D eigenvalue weighted by molar-refractivity contribution is 7.10. The zero-order valence-electron chi connectivity index (χ0n) is 12.3. The van der Waals surface area contributed by atoms with E-state index in [2.05, 4.69) is 20.7 Å². The Morgan fingerprint density at radius 3 is 3.00 bits per heavy atom. The first-order valence-electron chi connectivity index (χ1n) is 6.98. The summed E-state index contributed by atoms with van der Waals surface area (Å²) in [5.41, 5.74) is 0.517. The van der Waals surface area contributed by atoms with Crippen LogP contribution in [0, 0.1) is 5.82 Å². The van der Waals surface area contributed by atoms with E-state index in [9.17, 15) is 9.18 Å². The Kier molecular flexibility index (Phi) is 4.42. The van der Waals surface area contributed by atoms with E-state index in [0.29, 0.717) is 5.56 Å². The van der Waals surface area contributed by atoms with E-state index in [-0.39, 0.29) is 30.1 Å². The van der Waals surface area contributed by atoms with E-state index >= 15 is 0 Å². The van der Waals surface area contributed by atoms with Gasteiger partial charge in [0, 0.05) is 10.4 Å². The molecule has 118 valence electrons. The molecule has 0 saturated heterocycles. The summed E-state index contributed by atoms with van der Waals surface area (Å²) in [6.07, 6.45) is 0. The molecule has 0 bridgehead atoms. The fraction of sp³-hybridized carbons (Fsp3) is 0.200. The zero-order chi connectivity index (χ0) is 16.2. The maximum atomic E-state index is 13.2. The second-order valence-electron chi connectivity index (χ2n) is 4.96. The molecule has 1 N–H and O–H groups in total. The summed E-state index contributed by atoms with van der Waals surface area (Å²) < 4.78 is 13.2. The minimum absolute atomic E-state index is 0.0436. The molecule has 6 nitrogen and oxygen atoms in total. The molecular formula is C15H14FN5OS. The lowest BCUT2D eigenvalue weighted by atomic mass is 10.2. The maximum absolute atomic E-state index is 13.2. The zero-order valence-corrected chi connectivity index (χ0v) is 13.1. The van der Waals surface area contributed by atoms with Gasteiger partial charge in [-0.05, 0) is 35.7 Å². The van der Waals surface area contributed by atoms with Crippen molar-refractivity contribution in [2.45, 2.75) is 19.5 Å². The van der Waals surface area contributed by atoms with Gasteiger partial charge in [-0.15, -0.1) is 21.5 Å². The van der Waals surface area contributed by atoms with Crippen LogP contribution in [0.3, 0.4) is 0 Å². The van der Waals surface area contributed by atoms with Gasteiger partial charge < -0.3 is 5.32 Å². The van der Waals surface area contributed by atoms with Crippen molar-refractivity contribution in [2.75, 3.05) is 0 Å². The summed E-state index contributed by atoms with van der Waals surface area (Å²) in [7, 11) is 0. The minimum Gasteiger partial charge on any atom is -0.347 e. The maximum Gasteiger partial charge on any atom is 0.244 e. The van der Waals surface area contributed by atoms with E-state index in [4.69, 9.17) is 0 Å². The number of rotatable bonds is 5. The van der Waals surface area contributed by atoms with Crippen molar-refractivity contribution in [1.82, 2.24) is 25.5 Å². The molecule has 0 fully saturated rings. The van der Waals surface area contributed by atoms with Crippen LogP contribution in [-0.2, 0) is 11.3 Å². The van der Waals surface area contributed by atoms with Gasteiger partial charge in [0.1, 0.15) is 12.4 Å². The summed E-state index contributed by atoms with van der Waals surface area (Å²) in [5, 5.41) is 16.6. The van der Waals surface area contributed by atoms with Crippen molar-refractivity contribution in [2.24, 2.45) is 0 Å². The van der Waals surface area contributed by atoms with Crippen LogP contribution < -0.4 is 5.32 Å². The van der Waals surface area contributed by atoms with Gasteiger partial charge in [-0.3, -0.25) is 4.79 Å². The van der Waals surface area contributed by atoms with Crippen LogP contribution in [-0.4, -0.2) is 26.1 Å². The lowest BCUT2D eigenvalue weighted by Crippen LogP contribution is -2.30. The number of thiophene rings is 1. The number of nitrogens with one attached hydrogen (secondary N) is 1. The van der Waals surface area contributed by atoms with Crippen LogP contribution in [0.5, 0.6) is 0 Å². The third-order valence-electron chi connectivity index (χ3n) is 3.17. The molecular weight excluding hydrogens is 317 g/mol. The molecule has 1 amide bonds. The Bertz CT molecular complexity index is 802. The molecule has 0 radical (unpaired) electrons. The molecule has 8 heteroatoms. The fourth-order valence-electron chi connectivity index (χ4n) is 2.08. The average Bonchev–Trinajstić information content (AvgIpc) is 3.18. The smallest absolute Gasteiger partial charge is 0.244 e. The molecule has 2 heterocycles. The molecule has 3 aromatic rings. The predicted molar refractivity (Wildman–Crippen MR) is 84.1 cm³/mol. The molecule has 2 aromatic heterocycles. The van der Waals surface area contributed by atoms with Crippen LogP contribution >= 0.6 is 11.3 Å². The van der Waals surface area contributed by atoms with Gasteiger partial charge in [0.15, 0.2) is 0 Å². The van der Waals surface area contributed by atoms with E-state index in [1.54, 1.807) is 23.5 Å². The van der Waals surface area contributed by atoms with Crippen LogP contribution in [0.15, 0.2) is 41.8 Å². The van der Waals surface area contributed by atoms with E-state index in [1.165, 1.54) is 16.9 Å². The third kappa shape index (κ3) is 3.78. The molecule has 23 heavy (non-hydrogen) atoms. The molecule has 0 spiro atoms. The quantitative estimate of drug-likeness (QED) is 0.779. The highest BCUT2D eigenvalue weighted by atomic mass is 32.1. The second kappa shape index (κ2) is 6.66. The van der Waals surface area contributed by atoms with Crippen molar-refractivity contribution < 1.29 is 9.18 Å². The van der Waals surface area contributed by atoms with Gasteiger partial charge in [-0.1, -0.05) is 18.2 Å². The van der Waals surface area contributed by atoms with Gasteiger partial charge >= 0.3 is 0 Å². The lowest BCUT2D eigenvalue weighted by Gasteiger charge is -2.11. The summed E-state index contributed by atoms with van der Waals surface area (Å²) in [5.74, 6) is -0.306. The number of carbonyl (C=O) groups excluding carboxylic acids is 1. The molecule has 0 saturated carbocycles. The highest BCUT2D eigenvalue weighted by Gasteiger charge is 2.13. The number of aromatic nitrogens is 4. The van der Waals surface area contributed by atoms with Gasteiger partial charge in [0.2, 0.25) is 11.7 Å². The van der Waals surface area contributed by atoms with Crippen molar-refractivity contribution >= 4 is 17.2 Å². The molecule has 1 aromatic carbocycles. The standard InChI is InChI=1S/C15H14FN5OS/c1-10(13-6-3-7-23-13)17-14(22)9-21-19-15(18-20-21)11-4-2-5-12(16)8-11/h2-8,10H,9H2,1H3,(H,17,22)/t10-/m0/s1. The van der Waals surface area contributed by atoms with Crippen molar-refractivity contribution in [3.05, 3.63) is 52.5 Å².